The van der Waals surface area contributed by atoms with E-state index in [0.29, 0.717) is 35.3 Å². The topological polar surface area (TPSA) is 80.4 Å². The number of fused-ring (bicyclic) bond motifs is 3. The van der Waals surface area contributed by atoms with E-state index in [9.17, 15) is 22.8 Å². The lowest BCUT2D eigenvalue weighted by Gasteiger charge is -2.23. The first-order valence-corrected chi connectivity index (χ1v) is 10.4. The number of hydrogen-bond donors (Lipinski definition) is 1. The number of anilines is 2. The highest BCUT2D eigenvalue weighted by atomic mass is 19.4. The molecule has 1 aliphatic heterocycles. The quantitative estimate of drug-likeness (QED) is 0.492. The van der Waals surface area contributed by atoms with Crippen molar-refractivity contribution in [2.75, 3.05) is 23.3 Å². The maximum absolute atomic E-state index is 13.3. The van der Waals surface area contributed by atoms with E-state index in [2.05, 4.69) is 10.3 Å². The van der Waals surface area contributed by atoms with Gasteiger partial charge in [0.05, 0.1) is 23.3 Å². The van der Waals surface area contributed by atoms with E-state index in [-0.39, 0.29) is 11.3 Å². The summed E-state index contributed by atoms with van der Waals surface area (Å²) in [5.74, 6) is -0.644. The van der Waals surface area contributed by atoms with Gasteiger partial charge in [0, 0.05) is 18.5 Å². The summed E-state index contributed by atoms with van der Waals surface area (Å²) in [5.41, 5.74) is 0.0799. The molecule has 0 spiro atoms. The number of nitrogens with zero attached hydrogens (tertiary/aromatic N) is 3. The minimum Gasteiger partial charge on any atom is -0.448 e. The predicted octanol–water partition coefficient (Wildman–Crippen LogP) is 4.40. The number of halogens is 3. The van der Waals surface area contributed by atoms with Gasteiger partial charge < -0.3 is 14.6 Å². The third kappa shape index (κ3) is 3.92. The lowest BCUT2D eigenvalue weighted by molar-refractivity contribution is -0.137. The standard InChI is InChI=1S/C23H19F3N4O3/c24-23(25,26)14-7-8-17(29-9-3-4-10-29)16(11-14)28-19(31)12-30-13-27-20-15-5-1-2-6-18(15)33-21(20)22(30)32/h1-2,5-8,11,13H,3-4,9-10,12H2,(H,28,31). The van der Waals surface area contributed by atoms with Crippen LogP contribution in [0.15, 0.2) is 58.0 Å². The third-order valence-electron chi connectivity index (χ3n) is 5.71. The zero-order chi connectivity index (χ0) is 23.2. The first kappa shape index (κ1) is 21.0. The normalized spacial score (nSPS) is 14.3. The van der Waals surface area contributed by atoms with Crippen molar-refractivity contribution in [3.05, 3.63) is 64.7 Å². The number of hydrogen-bond acceptors (Lipinski definition) is 5. The zero-order valence-corrected chi connectivity index (χ0v) is 17.4. The molecule has 0 aliphatic carbocycles. The minimum absolute atomic E-state index is 0.0170. The summed E-state index contributed by atoms with van der Waals surface area (Å²) in [6.07, 6.45) is -1.46. The van der Waals surface area contributed by atoms with Gasteiger partial charge in [0.1, 0.15) is 17.6 Å². The van der Waals surface area contributed by atoms with Crippen LogP contribution in [0.2, 0.25) is 0 Å². The highest BCUT2D eigenvalue weighted by Gasteiger charge is 2.32. The Balaban J connectivity index is 1.45. The van der Waals surface area contributed by atoms with Crippen LogP contribution in [-0.4, -0.2) is 28.5 Å². The van der Waals surface area contributed by atoms with Gasteiger partial charge in [-0.25, -0.2) is 4.98 Å². The monoisotopic (exact) mass is 456 g/mol. The molecule has 1 fully saturated rings. The van der Waals surface area contributed by atoms with Gasteiger partial charge in [-0.1, -0.05) is 12.1 Å². The predicted molar refractivity (Wildman–Crippen MR) is 117 cm³/mol. The number of furan rings is 1. The lowest BCUT2D eigenvalue weighted by Crippen LogP contribution is -2.28. The van der Waals surface area contributed by atoms with Gasteiger partial charge >= 0.3 is 6.18 Å². The van der Waals surface area contributed by atoms with Gasteiger partial charge in [0.2, 0.25) is 11.5 Å². The number of carbonyl (C=O) groups is 1. The molecule has 1 aliphatic rings. The fourth-order valence-corrected chi connectivity index (χ4v) is 4.12. The zero-order valence-electron chi connectivity index (χ0n) is 17.4. The molecule has 2 aromatic heterocycles. The molecule has 0 unspecified atom stereocenters. The van der Waals surface area contributed by atoms with Crippen LogP contribution < -0.4 is 15.8 Å². The van der Waals surface area contributed by atoms with Crippen LogP contribution in [0.5, 0.6) is 0 Å². The summed E-state index contributed by atoms with van der Waals surface area (Å²) in [6.45, 7) is 0.967. The Hall–Kier alpha value is -3.82. The van der Waals surface area contributed by atoms with Crippen LogP contribution >= 0.6 is 0 Å². The smallest absolute Gasteiger partial charge is 0.416 e. The Morgan fingerprint density at radius 2 is 1.88 bits per heavy atom. The summed E-state index contributed by atoms with van der Waals surface area (Å²) in [7, 11) is 0. The summed E-state index contributed by atoms with van der Waals surface area (Å²) in [5, 5.41) is 3.23. The van der Waals surface area contributed by atoms with Crippen LogP contribution in [0.4, 0.5) is 24.5 Å². The van der Waals surface area contributed by atoms with E-state index < -0.39 is 29.8 Å². The second-order valence-electron chi connectivity index (χ2n) is 7.93. The molecular weight excluding hydrogens is 437 g/mol. The fourth-order valence-electron chi connectivity index (χ4n) is 4.12. The van der Waals surface area contributed by atoms with Crippen molar-refractivity contribution in [3.8, 4) is 0 Å². The van der Waals surface area contributed by atoms with Crippen molar-refractivity contribution >= 4 is 39.4 Å². The van der Waals surface area contributed by atoms with E-state index in [4.69, 9.17) is 4.42 Å². The van der Waals surface area contributed by atoms with Crippen molar-refractivity contribution in [1.29, 1.82) is 0 Å². The number of carbonyl (C=O) groups excluding carboxylic acids is 1. The van der Waals surface area contributed by atoms with E-state index >= 15 is 0 Å². The molecule has 4 aromatic rings. The van der Waals surface area contributed by atoms with E-state index in [1.807, 2.05) is 4.90 Å². The third-order valence-corrected chi connectivity index (χ3v) is 5.71. The van der Waals surface area contributed by atoms with Gasteiger partial charge in [-0.15, -0.1) is 0 Å². The number of nitrogens with one attached hydrogen (secondary N) is 1. The van der Waals surface area contributed by atoms with Gasteiger partial charge in [0.25, 0.3) is 5.56 Å². The summed E-state index contributed by atoms with van der Waals surface area (Å²) in [4.78, 5) is 31.8. The van der Waals surface area contributed by atoms with E-state index in [0.717, 1.165) is 29.5 Å². The molecule has 5 rings (SSSR count). The molecule has 33 heavy (non-hydrogen) atoms. The molecule has 3 heterocycles. The highest BCUT2D eigenvalue weighted by molar-refractivity contribution is 6.02. The van der Waals surface area contributed by atoms with Crippen molar-refractivity contribution in [2.45, 2.75) is 25.6 Å². The molecule has 7 nitrogen and oxygen atoms in total. The lowest BCUT2D eigenvalue weighted by atomic mass is 10.1. The Labute approximate surface area is 185 Å². The Morgan fingerprint density at radius 1 is 1.12 bits per heavy atom. The van der Waals surface area contributed by atoms with Crippen LogP contribution in [0, 0.1) is 0 Å². The van der Waals surface area contributed by atoms with Crippen molar-refractivity contribution in [3.63, 3.8) is 0 Å². The molecule has 10 heteroatoms. The largest absolute Gasteiger partial charge is 0.448 e. The summed E-state index contributed by atoms with van der Waals surface area (Å²) < 4.78 is 46.5. The number of aromatic nitrogens is 2. The molecule has 0 saturated carbocycles. The SMILES string of the molecule is O=C(Cn1cnc2c(oc3ccccc32)c1=O)Nc1cc(C(F)(F)F)ccc1N1CCCC1. The van der Waals surface area contributed by atoms with Gasteiger partial charge in [-0.05, 0) is 43.2 Å². The number of para-hydroxylation sites is 1. The van der Waals surface area contributed by atoms with Crippen molar-refractivity contribution in [2.24, 2.45) is 0 Å². The number of alkyl halides is 3. The van der Waals surface area contributed by atoms with Crippen LogP contribution in [-0.2, 0) is 17.5 Å². The molecule has 0 radical (unpaired) electrons. The molecule has 170 valence electrons. The number of amides is 1. The summed E-state index contributed by atoms with van der Waals surface area (Å²) >= 11 is 0. The molecule has 1 N–H and O–H groups in total. The van der Waals surface area contributed by atoms with Crippen molar-refractivity contribution < 1.29 is 22.4 Å². The Morgan fingerprint density at radius 3 is 2.64 bits per heavy atom. The Bertz CT molecular complexity index is 1420. The minimum atomic E-state index is -4.55. The second kappa shape index (κ2) is 7.95. The first-order chi connectivity index (χ1) is 15.8. The first-order valence-electron chi connectivity index (χ1n) is 10.4. The number of benzene rings is 2. The molecule has 2 aromatic carbocycles. The van der Waals surface area contributed by atoms with E-state index in [1.54, 1.807) is 24.3 Å². The van der Waals surface area contributed by atoms with E-state index in [1.165, 1.54) is 12.4 Å². The number of rotatable bonds is 4. The van der Waals surface area contributed by atoms with Gasteiger partial charge in [0.15, 0.2) is 0 Å². The molecule has 0 atom stereocenters. The van der Waals surface area contributed by atoms with Crippen molar-refractivity contribution in [1.82, 2.24) is 9.55 Å². The average molecular weight is 456 g/mol. The molecule has 1 amide bonds. The molecular formula is C23H19F3N4O3. The maximum atomic E-state index is 13.3. The summed E-state index contributed by atoms with van der Waals surface area (Å²) in [6, 6.07) is 10.4. The molecule has 0 bridgehead atoms. The second-order valence-corrected chi connectivity index (χ2v) is 7.93. The highest BCUT2D eigenvalue weighted by Crippen LogP contribution is 2.36. The van der Waals surface area contributed by atoms with Gasteiger partial charge in [-0.2, -0.15) is 13.2 Å². The fraction of sp³-hybridized carbons (Fsp3) is 0.261. The Kier molecular flexibility index (Phi) is 5.07. The van der Waals surface area contributed by atoms with Gasteiger partial charge in [-0.3, -0.25) is 14.2 Å². The molecule has 1 saturated heterocycles. The van der Waals surface area contributed by atoms with Crippen LogP contribution in [0.25, 0.3) is 22.1 Å². The van der Waals surface area contributed by atoms with Crippen LogP contribution in [0.1, 0.15) is 18.4 Å². The van der Waals surface area contributed by atoms with Crippen LogP contribution in [0.3, 0.4) is 0 Å². The maximum Gasteiger partial charge on any atom is 0.416 e. The average Bonchev–Trinajstić information content (AvgIpc) is 3.43.